The van der Waals surface area contributed by atoms with Crippen LogP contribution >= 0.6 is 12.4 Å². The van der Waals surface area contributed by atoms with Crippen LogP contribution in [0.2, 0.25) is 0 Å². The van der Waals surface area contributed by atoms with Crippen molar-refractivity contribution in [3.05, 3.63) is 23.8 Å². The standard InChI is InChI=1S/C16H24N2O3.ClH/c1-20-14-6-7-15(21-2)12(10-14)5-8-16(19)18-9-3-4-13(17)11-18;/h6-7,10,13H,3-5,8-9,11,17H2,1-2H3;1H. The summed E-state index contributed by atoms with van der Waals surface area (Å²) in [4.78, 5) is 14.1. The molecule has 0 spiro atoms. The van der Waals surface area contributed by atoms with Gasteiger partial charge in [0.25, 0.3) is 0 Å². The summed E-state index contributed by atoms with van der Waals surface area (Å²) in [5.74, 6) is 1.73. The number of nitrogens with two attached hydrogens (primary N) is 1. The van der Waals surface area contributed by atoms with Crippen molar-refractivity contribution >= 4 is 18.3 Å². The second-order valence-electron chi connectivity index (χ2n) is 5.42. The molecular weight excluding hydrogens is 304 g/mol. The topological polar surface area (TPSA) is 64.8 Å². The van der Waals surface area contributed by atoms with Crippen molar-refractivity contribution in [3.8, 4) is 11.5 Å². The summed E-state index contributed by atoms with van der Waals surface area (Å²) in [5, 5.41) is 0. The van der Waals surface area contributed by atoms with Gasteiger partial charge < -0.3 is 20.1 Å². The average Bonchev–Trinajstić information content (AvgIpc) is 2.52. The van der Waals surface area contributed by atoms with Crippen molar-refractivity contribution in [3.63, 3.8) is 0 Å². The number of benzene rings is 1. The molecule has 1 heterocycles. The molecule has 22 heavy (non-hydrogen) atoms. The van der Waals surface area contributed by atoms with Gasteiger partial charge in [0.05, 0.1) is 14.2 Å². The second-order valence-corrected chi connectivity index (χ2v) is 5.42. The van der Waals surface area contributed by atoms with Gasteiger partial charge in [0.15, 0.2) is 0 Å². The van der Waals surface area contributed by atoms with Crippen LogP contribution in [0.3, 0.4) is 0 Å². The van der Waals surface area contributed by atoms with E-state index in [4.69, 9.17) is 15.2 Å². The van der Waals surface area contributed by atoms with E-state index in [1.807, 2.05) is 23.1 Å². The number of hydrogen-bond acceptors (Lipinski definition) is 4. The third-order valence-electron chi connectivity index (χ3n) is 3.91. The number of aryl methyl sites for hydroxylation is 1. The van der Waals surface area contributed by atoms with Crippen molar-refractivity contribution in [2.24, 2.45) is 5.73 Å². The van der Waals surface area contributed by atoms with E-state index in [1.54, 1.807) is 14.2 Å². The van der Waals surface area contributed by atoms with Gasteiger partial charge in [-0.3, -0.25) is 4.79 Å². The van der Waals surface area contributed by atoms with Crippen LogP contribution < -0.4 is 15.2 Å². The molecule has 1 saturated heterocycles. The maximum absolute atomic E-state index is 12.3. The van der Waals surface area contributed by atoms with Crippen molar-refractivity contribution in [1.29, 1.82) is 0 Å². The summed E-state index contributed by atoms with van der Waals surface area (Å²) in [5.41, 5.74) is 6.92. The molecule has 0 bridgehead atoms. The lowest BCUT2D eigenvalue weighted by molar-refractivity contribution is -0.132. The van der Waals surface area contributed by atoms with Crippen molar-refractivity contribution in [2.45, 2.75) is 31.7 Å². The zero-order valence-corrected chi connectivity index (χ0v) is 14.0. The molecule has 6 heteroatoms. The minimum absolute atomic E-state index is 0. The Bertz CT molecular complexity index is 496. The fraction of sp³-hybridized carbons (Fsp3) is 0.562. The number of amides is 1. The first-order valence-corrected chi connectivity index (χ1v) is 7.38. The Morgan fingerprint density at radius 1 is 1.36 bits per heavy atom. The van der Waals surface area contributed by atoms with Crippen LogP contribution in [0.4, 0.5) is 0 Å². The molecule has 2 rings (SSSR count). The number of ether oxygens (including phenoxy) is 2. The van der Waals surface area contributed by atoms with Gasteiger partial charge in [-0.2, -0.15) is 0 Å². The molecule has 1 aromatic carbocycles. The van der Waals surface area contributed by atoms with E-state index >= 15 is 0 Å². The normalized spacial score (nSPS) is 17.6. The van der Waals surface area contributed by atoms with E-state index in [0.29, 0.717) is 19.4 Å². The van der Waals surface area contributed by atoms with Crippen LogP contribution in [0.5, 0.6) is 11.5 Å². The number of halogens is 1. The lowest BCUT2D eigenvalue weighted by Crippen LogP contribution is -2.45. The highest BCUT2D eigenvalue weighted by atomic mass is 35.5. The molecule has 1 unspecified atom stereocenters. The maximum Gasteiger partial charge on any atom is 0.222 e. The smallest absolute Gasteiger partial charge is 0.222 e. The molecule has 1 atom stereocenters. The first-order chi connectivity index (χ1) is 10.1. The van der Waals surface area contributed by atoms with E-state index in [0.717, 1.165) is 36.4 Å². The average molecular weight is 329 g/mol. The van der Waals surface area contributed by atoms with Gasteiger partial charge in [-0.15, -0.1) is 12.4 Å². The van der Waals surface area contributed by atoms with Crippen molar-refractivity contribution in [1.82, 2.24) is 4.90 Å². The van der Waals surface area contributed by atoms with Crippen molar-refractivity contribution in [2.75, 3.05) is 27.3 Å². The Balaban J connectivity index is 0.00000242. The lowest BCUT2D eigenvalue weighted by atomic mass is 10.0. The number of carbonyl (C=O) groups excluding carboxylic acids is 1. The van der Waals surface area contributed by atoms with Gasteiger partial charge in [-0.1, -0.05) is 0 Å². The first-order valence-electron chi connectivity index (χ1n) is 7.38. The number of methoxy groups -OCH3 is 2. The Labute approximate surface area is 138 Å². The third-order valence-corrected chi connectivity index (χ3v) is 3.91. The number of hydrogen-bond donors (Lipinski definition) is 1. The molecule has 0 saturated carbocycles. The van der Waals surface area contributed by atoms with Gasteiger partial charge in [0, 0.05) is 25.6 Å². The van der Waals surface area contributed by atoms with E-state index in [-0.39, 0.29) is 24.4 Å². The molecule has 5 nitrogen and oxygen atoms in total. The number of carbonyl (C=O) groups is 1. The zero-order chi connectivity index (χ0) is 15.2. The fourth-order valence-corrected chi connectivity index (χ4v) is 2.71. The van der Waals surface area contributed by atoms with Crippen LogP contribution in [0.25, 0.3) is 0 Å². The van der Waals surface area contributed by atoms with Gasteiger partial charge in [0.1, 0.15) is 11.5 Å². The summed E-state index contributed by atoms with van der Waals surface area (Å²) in [7, 11) is 3.27. The van der Waals surface area contributed by atoms with Gasteiger partial charge in [-0.05, 0) is 43.0 Å². The van der Waals surface area contributed by atoms with Crippen LogP contribution in [0.1, 0.15) is 24.8 Å². The highest BCUT2D eigenvalue weighted by molar-refractivity contribution is 5.85. The van der Waals surface area contributed by atoms with Crippen molar-refractivity contribution < 1.29 is 14.3 Å². The van der Waals surface area contributed by atoms with Crippen LogP contribution in [-0.4, -0.2) is 44.2 Å². The summed E-state index contributed by atoms with van der Waals surface area (Å²) in [6, 6.07) is 5.77. The first kappa shape index (κ1) is 18.6. The number of rotatable bonds is 5. The van der Waals surface area contributed by atoms with Crippen LogP contribution in [0.15, 0.2) is 18.2 Å². The molecule has 1 aromatic rings. The Kier molecular flexibility index (Phi) is 7.48. The Morgan fingerprint density at radius 3 is 2.77 bits per heavy atom. The van der Waals surface area contributed by atoms with E-state index in [2.05, 4.69) is 0 Å². The van der Waals surface area contributed by atoms with E-state index < -0.39 is 0 Å². The number of piperidine rings is 1. The molecule has 1 aliphatic heterocycles. The number of likely N-dealkylation sites (tertiary alicyclic amines) is 1. The molecule has 1 fully saturated rings. The SMILES string of the molecule is COc1ccc(OC)c(CCC(=O)N2CCCC(N)C2)c1.Cl. The van der Waals surface area contributed by atoms with Gasteiger partial charge in [-0.25, -0.2) is 0 Å². The number of nitrogens with zero attached hydrogens (tertiary/aromatic N) is 1. The van der Waals surface area contributed by atoms with E-state index in [9.17, 15) is 4.79 Å². The molecule has 2 N–H and O–H groups in total. The summed E-state index contributed by atoms with van der Waals surface area (Å²) in [6.07, 6.45) is 3.12. The predicted octanol–water partition coefficient (Wildman–Crippen LogP) is 2.01. The minimum atomic E-state index is 0. The molecule has 1 amide bonds. The molecule has 0 aromatic heterocycles. The highest BCUT2D eigenvalue weighted by Crippen LogP contribution is 2.25. The fourth-order valence-electron chi connectivity index (χ4n) is 2.71. The summed E-state index contributed by atoms with van der Waals surface area (Å²) in [6.45, 7) is 1.50. The zero-order valence-electron chi connectivity index (χ0n) is 13.2. The maximum atomic E-state index is 12.3. The summed E-state index contributed by atoms with van der Waals surface area (Å²) < 4.78 is 10.6. The van der Waals surface area contributed by atoms with Gasteiger partial charge >= 0.3 is 0 Å². The lowest BCUT2D eigenvalue weighted by Gasteiger charge is -2.30. The molecule has 124 valence electrons. The second kappa shape index (κ2) is 8.86. The molecule has 0 radical (unpaired) electrons. The van der Waals surface area contributed by atoms with Crippen LogP contribution in [-0.2, 0) is 11.2 Å². The predicted molar refractivity (Wildman–Crippen MR) is 88.9 cm³/mol. The quantitative estimate of drug-likeness (QED) is 0.898. The summed E-state index contributed by atoms with van der Waals surface area (Å²) >= 11 is 0. The minimum Gasteiger partial charge on any atom is -0.497 e. The molecular formula is C16H25ClN2O3. The van der Waals surface area contributed by atoms with E-state index in [1.165, 1.54) is 0 Å². The monoisotopic (exact) mass is 328 g/mol. The Morgan fingerprint density at radius 2 is 2.14 bits per heavy atom. The molecule has 0 aliphatic carbocycles. The highest BCUT2D eigenvalue weighted by Gasteiger charge is 2.21. The molecule has 1 aliphatic rings. The third kappa shape index (κ3) is 4.78. The Hall–Kier alpha value is -1.46. The van der Waals surface area contributed by atoms with Crippen LogP contribution in [0, 0.1) is 0 Å². The van der Waals surface area contributed by atoms with Gasteiger partial charge in [0.2, 0.25) is 5.91 Å². The largest absolute Gasteiger partial charge is 0.497 e.